The van der Waals surface area contributed by atoms with Gasteiger partial charge in [0, 0.05) is 12.1 Å². The number of benzene rings is 1. The average molecular weight is 309 g/mol. The van der Waals surface area contributed by atoms with E-state index in [1.54, 1.807) is 16.8 Å². The number of hydrogen-bond acceptors (Lipinski definition) is 3. The molecule has 0 saturated heterocycles. The molecule has 1 heterocycles. The van der Waals surface area contributed by atoms with Crippen molar-refractivity contribution >= 4 is 23.2 Å². The molecule has 0 fully saturated rings. The minimum absolute atomic E-state index is 0.298. The van der Waals surface area contributed by atoms with Gasteiger partial charge in [-0.25, -0.2) is 4.68 Å². The normalized spacial score (nSPS) is 10.8. The molecular formula is C14H14Cl2N4. The lowest BCUT2D eigenvalue weighted by molar-refractivity contribution is 0.481. The summed E-state index contributed by atoms with van der Waals surface area (Å²) < 4.78 is 1.75. The van der Waals surface area contributed by atoms with Gasteiger partial charge < -0.3 is 0 Å². The summed E-state index contributed by atoms with van der Waals surface area (Å²) in [7, 11) is 0. The lowest BCUT2D eigenvalue weighted by Gasteiger charge is -2.09. The van der Waals surface area contributed by atoms with Gasteiger partial charge in [-0.15, -0.1) is 5.10 Å². The number of aromatic nitrogens is 3. The van der Waals surface area contributed by atoms with Crippen molar-refractivity contribution in [2.45, 2.75) is 26.8 Å². The van der Waals surface area contributed by atoms with E-state index in [2.05, 4.69) is 30.2 Å². The van der Waals surface area contributed by atoms with E-state index in [9.17, 15) is 0 Å². The number of rotatable bonds is 4. The standard InChI is InChI=1S/C14H14Cl2N4/c1-9(2)5-6-20-14(13(8-17)18-19-20)10-3-4-11(15)12(16)7-10/h3-4,7,9H,5-6H2,1-2H3. The van der Waals surface area contributed by atoms with E-state index in [1.807, 2.05) is 6.07 Å². The maximum absolute atomic E-state index is 9.17. The van der Waals surface area contributed by atoms with Crippen molar-refractivity contribution in [2.24, 2.45) is 5.92 Å². The van der Waals surface area contributed by atoms with Crippen LogP contribution in [0.1, 0.15) is 26.0 Å². The second kappa shape index (κ2) is 6.25. The van der Waals surface area contributed by atoms with E-state index < -0.39 is 0 Å². The van der Waals surface area contributed by atoms with Crippen LogP contribution >= 0.6 is 23.2 Å². The third-order valence-corrected chi connectivity index (χ3v) is 3.69. The molecule has 0 bridgehead atoms. The largest absolute Gasteiger partial charge is 0.243 e. The summed E-state index contributed by atoms with van der Waals surface area (Å²) in [4.78, 5) is 0. The molecule has 0 aliphatic rings. The predicted molar refractivity (Wildman–Crippen MR) is 79.6 cm³/mol. The van der Waals surface area contributed by atoms with Crippen molar-refractivity contribution < 1.29 is 0 Å². The molecule has 0 saturated carbocycles. The zero-order chi connectivity index (χ0) is 14.7. The summed E-state index contributed by atoms with van der Waals surface area (Å²) in [6.45, 7) is 4.99. The highest BCUT2D eigenvalue weighted by atomic mass is 35.5. The maximum Gasteiger partial charge on any atom is 0.190 e. The third kappa shape index (κ3) is 3.12. The van der Waals surface area contributed by atoms with Crippen LogP contribution in [0, 0.1) is 17.2 Å². The molecule has 0 unspecified atom stereocenters. The lowest BCUT2D eigenvalue weighted by atomic mass is 10.1. The van der Waals surface area contributed by atoms with Gasteiger partial charge in [0.2, 0.25) is 0 Å². The highest BCUT2D eigenvalue weighted by Gasteiger charge is 2.16. The highest BCUT2D eigenvalue weighted by Crippen LogP contribution is 2.29. The van der Waals surface area contributed by atoms with E-state index in [4.69, 9.17) is 28.5 Å². The quantitative estimate of drug-likeness (QED) is 0.851. The summed E-state index contributed by atoms with van der Waals surface area (Å²) in [5.41, 5.74) is 1.78. The van der Waals surface area contributed by atoms with Crippen molar-refractivity contribution in [3.8, 4) is 17.3 Å². The second-order valence-corrected chi connectivity index (χ2v) is 5.75. The first-order valence-electron chi connectivity index (χ1n) is 6.32. The maximum atomic E-state index is 9.17. The van der Waals surface area contributed by atoms with Crippen LogP contribution in [0.2, 0.25) is 10.0 Å². The Morgan fingerprint density at radius 2 is 2.05 bits per heavy atom. The van der Waals surface area contributed by atoms with Gasteiger partial charge in [0.25, 0.3) is 0 Å². The molecule has 6 heteroatoms. The van der Waals surface area contributed by atoms with Crippen LogP contribution < -0.4 is 0 Å². The van der Waals surface area contributed by atoms with Gasteiger partial charge >= 0.3 is 0 Å². The van der Waals surface area contributed by atoms with Gasteiger partial charge in [0.1, 0.15) is 11.8 Å². The lowest BCUT2D eigenvalue weighted by Crippen LogP contribution is -2.05. The summed E-state index contributed by atoms with van der Waals surface area (Å²) in [6, 6.07) is 7.32. The van der Waals surface area contributed by atoms with Crippen molar-refractivity contribution in [2.75, 3.05) is 0 Å². The SMILES string of the molecule is CC(C)CCn1nnc(C#N)c1-c1ccc(Cl)c(Cl)c1. The summed E-state index contributed by atoms with van der Waals surface area (Å²) >= 11 is 12.0. The highest BCUT2D eigenvalue weighted by molar-refractivity contribution is 6.42. The van der Waals surface area contributed by atoms with Crippen molar-refractivity contribution in [3.63, 3.8) is 0 Å². The molecule has 20 heavy (non-hydrogen) atoms. The molecule has 4 nitrogen and oxygen atoms in total. The van der Waals surface area contributed by atoms with Crippen LogP contribution in [-0.4, -0.2) is 15.0 Å². The average Bonchev–Trinajstić information content (AvgIpc) is 2.82. The van der Waals surface area contributed by atoms with Gasteiger partial charge in [-0.1, -0.05) is 48.3 Å². The Kier molecular flexibility index (Phi) is 4.64. The Morgan fingerprint density at radius 3 is 2.65 bits per heavy atom. The predicted octanol–water partition coefficient (Wildman–Crippen LogP) is 4.17. The monoisotopic (exact) mass is 308 g/mol. The Morgan fingerprint density at radius 1 is 1.30 bits per heavy atom. The first-order chi connectivity index (χ1) is 9.52. The van der Waals surface area contributed by atoms with E-state index in [-0.39, 0.29) is 0 Å². The molecule has 1 aromatic carbocycles. The second-order valence-electron chi connectivity index (χ2n) is 4.93. The molecule has 2 aromatic rings. The number of nitrogens with zero attached hydrogens (tertiary/aromatic N) is 4. The Bertz CT molecular complexity index is 656. The van der Waals surface area contributed by atoms with E-state index >= 15 is 0 Å². The zero-order valence-corrected chi connectivity index (χ0v) is 12.8. The summed E-state index contributed by atoms with van der Waals surface area (Å²) in [6.07, 6.45) is 0.961. The van der Waals surface area contributed by atoms with Gasteiger partial charge in [-0.05, 0) is 24.5 Å². The smallest absolute Gasteiger partial charge is 0.190 e. The molecule has 0 radical (unpaired) electrons. The molecule has 0 aliphatic heterocycles. The summed E-state index contributed by atoms with van der Waals surface area (Å²) in [5.74, 6) is 0.548. The number of halogens is 2. The Labute approximate surface area is 127 Å². The number of hydrogen-bond donors (Lipinski definition) is 0. The molecule has 2 rings (SSSR count). The third-order valence-electron chi connectivity index (χ3n) is 2.95. The van der Waals surface area contributed by atoms with Crippen LogP contribution in [0.3, 0.4) is 0 Å². The first-order valence-corrected chi connectivity index (χ1v) is 7.07. The fourth-order valence-electron chi connectivity index (χ4n) is 1.85. The zero-order valence-electron chi connectivity index (χ0n) is 11.3. The van der Waals surface area contributed by atoms with Gasteiger partial charge in [0.05, 0.1) is 10.0 Å². The Balaban J connectivity index is 2.45. The van der Waals surface area contributed by atoms with Crippen molar-refractivity contribution in [3.05, 3.63) is 33.9 Å². The topological polar surface area (TPSA) is 54.5 Å². The molecule has 1 aromatic heterocycles. The molecule has 0 spiro atoms. The summed E-state index contributed by atoms with van der Waals surface area (Å²) in [5, 5.41) is 18.1. The molecule has 0 N–H and O–H groups in total. The van der Waals surface area contributed by atoms with Crippen molar-refractivity contribution in [1.82, 2.24) is 15.0 Å². The number of aryl methyl sites for hydroxylation is 1. The molecular weight excluding hydrogens is 295 g/mol. The van der Waals surface area contributed by atoms with Gasteiger partial charge in [-0.3, -0.25) is 0 Å². The molecule has 0 atom stereocenters. The van der Waals surface area contributed by atoms with Crippen LogP contribution in [0.25, 0.3) is 11.3 Å². The van der Waals surface area contributed by atoms with E-state index in [0.717, 1.165) is 12.0 Å². The number of nitriles is 1. The van der Waals surface area contributed by atoms with Gasteiger partial charge in [0.15, 0.2) is 5.69 Å². The van der Waals surface area contributed by atoms with E-state index in [0.29, 0.717) is 33.9 Å². The molecule has 0 aliphatic carbocycles. The molecule has 104 valence electrons. The fourth-order valence-corrected chi connectivity index (χ4v) is 2.15. The van der Waals surface area contributed by atoms with Gasteiger partial charge in [-0.2, -0.15) is 5.26 Å². The minimum Gasteiger partial charge on any atom is -0.243 e. The van der Waals surface area contributed by atoms with Crippen LogP contribution in [0.5, 0.6) is 0 Å². The molecule has 0 amide bonds. The van der Waals surface area contributed by atoms with E-state index in [1.165, 1.54) is 0 Å². The van der Waals surface area contributed by atoms with Crippen LogP contribution in [0.15, 0.2) is 18.2 Å². The fraction of sp³-hybridized carbons (Fsp3) is 0.357. The minimum atomic E-state index is 0.298. The van der Waals surface area contributed by atoms with Crippen molar-refractivity contribution in [1.29, 1.82) is 5.26 Å². The van der Waals surface area contributed by atoms with Crippen LogP contribution in [-0.2, 0) is 6.54 Å². The van der Waals surface area contributed by atoms with Crippen LogP contribution in [0.4, 0.5) is 0 Å². The Hall–Kier alpha value is -1.57. The first kappa shape index (κ1) is 14.8.